The average molecular weight is 637 g/mol. The van der Waals surface area contributed by atoms with Crippen molar-refractivity contribution in [3.05, 3.63) is 102 Å². The molecule has 47 heavy (non-hydrogen) atoms. The highest BCUT2D eigenvalue weighted by Crippen LogP contribution is 2.25. The molecule has 2 unspecified atom stereocenters. The third kappa shape index (κ3) is 10.2. The highest BCUT2D eigenvalue weighted by molar-refractivity contribution is 5.97. The Hall–Kier alpha value is -5.05. The van der Waals surface area contributed by atoms with E-state index in [0.717, 1.165) is 40.0 Å². The van der Waals surface area contributed by atoms with Gasteiger partial charge in [0.2, 0.25) is 5.91 Å². The van der Waals surface area contributed by atoms with Gasteiger partial charge in [0.15, 0.2) is 5.82 Å². The van der Waals surface area contributed by atoms with E-state index in [9.17, 15) is 14.4 Å². The molecule has 246 valence electrons. The zero-order valence-corrected chi connectivity index (χ0v) is 27.7. The van der Waals surface area contributed by atoms with Gasteiger partial charge in [-0.05, 0) is 52.3 Å². The maximum absolute atomic E-state index is 13.1. The van der Waals surface area contributed by atoms with Gasteiger partial charge in [0.05, 0.1) is 13.0 Å². The molecule has 3 N–H and O–H groups in total. The molecule has 0 fully saturated rings. The average Bonchev–Trinajstić information content (AvgIpc) is 3.07. The van der Waals surface area contributed by atoms with Crippen LogP contribution in [0.15, 0.2) is 85.2 Å². The Morgan fingerprint density at radius 3 is 2.04 bits per heavy atom. The molecule has 2 atom stereocenters. The molecule has 0 radical (unpaired) electrons. The molecule has 9 nitrogen and oxygen atoms in total. The predicted molar refractivity (Wildman–Crippen MR) is 183 cm³/mol. The van der Waals surface area contributed by atoms with Gasteiger partial charge in [-0.2, -0.15) is 0 Å². The number of nitrogens with zero attached hydrogens (tertiary/aromatic N) is 2. The number of aromatic nitrogens is 2. The molecule has 3 aromatic carbocycles. The lowest BCUT2D eigenvalue weighted by Gasteiger charge is -2.20. The fourth-order valence-electron chi connectivity index (χ4n) is 4.74. The first-order valence-electron chi connectivity index (χ1n) is 16.0. The van der Waals surface area contributed by atoms with Gasteiger partial charge >= 0.3 is 5.97 Å². The molecule has 0 spiro atoms. The Bertz CT molecular complexity index is 1630. The van der Waals surface area contributed by atoms with E-state index in [1.54, 1.807) is 24.5 Å². The van der Waals surface area contributed by atoms with Crippen molar-refractivity contribution in [1.29, 1.82) is 0 Å². The fraction of sp³-hybridized carbons (Fsp3) is 0.342. The number of ether oxygens (including phenoxy) is 1. The summed E-state index contributed by atoms with van der Waals surface area (Å²) < 4.78 is 5.86. The Balaban J connectivity index is 1.43. The molecule has 0 bridgehead atoms. The zero-order valence-electron chi connectivity index (χ0n) is 27.7. The van der Waals surface area contributed by atoms with E-state index in [2.05, 4.69) is 55.2 Å². The highest BCUT2D eigenvalue weighted by atomic mass is 16.5. The largest absolute Gasteiger partial charge is 0.493 e. The second-order valence-corrected chi connectivity index (χ2v) is 12.8. The lowest BCUT2D eigenvalue weighted by atomic mass is 9.86. The van der Waals surface area contributed by atoms with E-state index in [1.165, 1.54) is 0 Å². The monoisotopic (exact) mass is 636 g/mol. The topological polar surface area (TPSA) is 131 Å². The van der Waals surface area contributed by atoms with Crippen molar-refractivity contribution in [3.63, 3.8) is 0 Å². The molecular formula is C38H44N4O5. The minimum absolute atomic E-state index is 0.0384. The van der Waals surface area contributed by atoms with Crippen LogP contribution in [-0.2, 0) is 21.4 Å². The number of rotatable bonds is 14. The molecule has 4 rings (SSSR count). The van der Waals surface area contributed by atoms with Crippen molar-refractivity contribution in [3.8, 4) is 28.3 Å². The molecule has 1 heterocycles. The van der Waals surface area contributed by atoms with Gasteiger partial charge in [0.25, 0.3) is 5.91 Å². The molecule has 0 saturated heterocycles. The maximum atomic E-state index is 13.1. The standard InChI is InChI=1S/C38H44N4O5/c1-6-25(2)24-47-32-17-13-27(14-18-32)30-22-40-35(41-23-30)28-9-7-26(8-10-28)21-33(37(46)39-20-19-34(43)44)42-36(45)29-11-15-31(16-12-29)38(3,4)5/h7-18,22-23,25,33H,6,19-21,24H2,1-5H3,(H,39,46)(H,42,45)(H,43,44). The molecule has 0 aliphatic rings. The van der Waals surface area contributed by atoms with Crippen LogP contribution in [0.25, 0.3) is 22.5 Å². The molecule has 0 saturated carbocycles. The number of nitrogens with one attached hydrogen (secondary N) is 2. The second kappa shape index (κ2) is 16.0. The van der Waals surface area contributed by atoms with Gasteiger partial charge in [-0.1, -0.05) is 89.6 Å². The van der Waals surface area contributed by atoms with Crippen LogP contribution in [0.1, 0.15) is 68.9 Å². The van der Waals surface area contributed by atoms with Crippen LogP contribution < -0.4 is 15.4 Å². The summed E-state index contributed by atoms with van der Waals surface area (Å²) in [5, 5.41) is 14.4. The van der Waals surface area contributed by atoms with Crippen LogP contribution in [0, 0.1) is 5.92 Å². The van der Waals surface area contributed by atoms with Crippen molar-refractivity contribution in [2.45, 2.75) is 65.3 Å². The van der Waals surface area contributed by atoms with Gasteiger partial charge in [0.1, 0.15) is 11.8 Å². The Morgan fingerprint density at radius 2 is 1.47 bits per heavy atom. The van der Waals surface area contributed by atoms with Crippen molar-refractivity contribution in [2.75, 3.05) is 13.2 Å². The lowest BCUT2D eigenvalue weighted by Crippen LogP contribution is -2.48. The number of carbonyl (C=O) groups excluding carboxylic acids is 2. The quantitative estimate of drug-likeness (QED) is 0.145. The normalized spacial score (nSPS) is 12.5. The number of carboxylic acids is 1. The third-order valence-electron chi connectivity index (χ3n) is 8.00. The second-order valence-electron chi connectivity index (χ2n) is 12.8. The first kappa shape index (κ1) is 34.8. The summed E-state index contributed by atoms with van der Waals surface area (Å²) in [6, 6.07) is 21.8. The van der Waals surface area contributed by atoms with Crippen LogP contribution in [0.5, 0.6) is 5.75 Å². The van der Waals surface area contributed by atoms with Gasteiger partial charge in [-0.25, -0.2) is 9.97 Å². The minimum Gasteiger partial charge on any atom is -0.493 e. The summed E-state index contributed by atoms with van der Waals surface area (Å²) in [7, 11) is 0. The molecule has 9 heteroatoms. The van der Waals surface area contributed by atoms with E-state index in [4.69, 9.17) is 9.84 Å². The van der Waals surface area contributed by atoms with E-state index in [1.807, 2.05) is 60.7 Å². The van der Waals surface area contributed by atoms with Gasteiger partial charge in [-0.3, -0.25) is 14.4 Å². The van der Waals surface area contributed by atoms with Crippen LogP contribution in [0.2, 0.25) is 0 Å². The summed E-state index contributed by atoms with van der Waals surface area (Å²) >= 11 is 0. The van der Waals surface area contributed by atoms with Crippen molar-refractivity contribution < 1.29 is 24.2 Å². The third-order valence-corrected chi connectivity index (χ3v) is 8.00. The smallest absolute Gasteiger partial charge is 0.305 e. The highest BCUT2D eigenvalue weighted by Gasteiger charge is 2.23. The molecule has 2 amide bonds. The van der Waals surface area contributed by atoms with E-state index in [0.29, 0.717) is 23.9 Å². The van der Waals surface area contributed by atoms with Crippen LogP contribution in [0.4, 0.5) is 0 Å². The predicted octanol–water partition coefficient (Wildman–Crippen LogP) is 6.47. The van der Waals surface area contributed by atoms with Gasteiger partial charge < -0.3 is 20.5 Å². The Kier molecular flexibility index (Phi) is 11.8. The molecule has 0 aliphatic heterocycles. The number of carbonyl (C=O) groups is 3. The maximum Gasteiger partial charge on any atom is 0.305 e. The first-order valence-corrected chi connectivity index (χ1v) is 16.0. The summed E-state index contributed by atoms with van der Waals surface area (Å²) in [5.41, 5.74) is 4.95. The summed E-state index contributed by atoms with van der Waals surface area (Å²) in [6.07, 6.45) is 4.64. The van der Waals surface area contributed by atoms with Gasteiger partial charge in [0, 0.05) is 42.0 Å². The Morgan fingerprint density at radius 1 is 0.851 bits per heavy atom. The fourth-order valence-corrected chi connectivity index (χ4v) is 4.74. The van der Waals surface area contributed by atoms with Crippen LogP contribution in [0.3, 0.4) is 0 Å². The molecule has 4 aromatic rings. The lowest BCUT2D eigenvalue weighted by molar-refractivity contribution is -0.137. The zero-order chi connectivity index (χ0) is 34.0. The number of hydrogen-bond donors (Lipinski definition) is 3. The van der Waals surface area contributed by atoms with Crippen molar-refractivity contribution in [1.82, 2.24) is 20.6 Å². The van der Waals surface area contributed by atoms with Gasteiger partial charge in [-0.15, -0.1) is 0 Å². The Labute approximate surface area is 276 Å². The van der Waals surface area contributed by atoms with Crippen molar-refractivity contribution in [2.24, 2.45) is 5.92 Å². The van der Waals surface area contributed by atoms with Crippen molar-refractivity contribution >= 4 is 17.8 Å². The van der Waals surface area contributed by atoms with Crippen LogP contribution >= 0.6 is 0 Å². The van der Waals surface area contributed by atoms with E-state index >= 15 is 0 Å². The van der Waals surface area contributed by atoms with Crippen LogP contribution in [-0.4, -0.2) is 52.1 Å². The number of benzene rings is 3. The van der Waals surface area contributed by atoms with E-state index < -0.39 is 17.9 Å². The summed E-state index contributed by atoms with van der Waals surface area (Å²) in [4.78, 5) is 46.3. The number of hydrogen-bond acceptors (Lipinski definition) is 6. The number of carboxylic acid groups (broad SMARTS) is 1. The first-order chi connectivity index (χ1) is 22.4. The number of amides is 2. The minimum atomic E-state index is -1.02. The summed E-state index contributed by atoms with van der Waals surface area (Å²) in [5.74, 6) is 0.0376. The summed E-state index contributed by atoms with van der Waals surface area (Å²) in [6.45, 7) is 11.2. The SMILES string of the molecule is CCC(C)COc1ccc(-c2cnc(-c3ccc(CC(NC(=O)c4ccc(C(C)(C)C)cc4)C(=O)NCCC(=O)O)cc3)nc2)cc1. The number of aliphatic carboxylic acids is 1. The molecular weight excluding hydrogens is 592 g/mol. The molecule has 1 aromatic heterocycles. The van der Waals surface area contributed by atoms with E-state index in [-0.39, 0.29) is 30.7 Å². The molecule has 0 aliphatic carbocycles.